The lowest BCUT2D eigenvalue weighted by Crippen LogP contribution is -2.25. The van der Waals surface area contributed by atoms with Crippen molar-refractivity contribution in [2.75, 3.05) is 12.3 Å². The average molecular weight is 329 g/mol. The third-order valence-electron chi connectivity index (χ3n) is 2.92. The summed E-state index contributed by atoms with van der Waals surface area (Å²) >= 11 is 4.03. The highest BCUT2D eigenvalue weighted by molar-refractivity contribution is 7.80. The molecule has 118 valence electrons. The maximum absolute atomic E-state index is 11.7. The number of rotatable bonds is 6. The molecule has 0 heterocycles. The Morgan fingerprint density at radius 3 is 1.83 bits per heavy atom. The fourth-order valence-corrected chi connectivity index (χ4v) is 1.85. The van der Waals surface area contributed by atoms with Gasteiger partial charge in [-0.2, -0.15) is 22.9 Å². The van der Waals surface area contributed by atoms with Gasteiger partial charge in [0.1, 0.15) is 0 Å². The molecule has 0 atom stereocenters. The summed E-state index contributed by atoms with van der Waals surface area (Å²) in [7, 11) is 0. The highest BCUT2D eigenvalue weighted by atomic mass is 32.1. The molecular formula is C16H15N3O3S. The highest BCUT2D eigenvalue weighted by Gasteiger charge is 2.04. The third kappa shape index (κ3) is 4.93. The van der Waals surface area contributed by atoms with Crippen LogP contribution in [0.2, 0.25) is 0 Å². The Hall–Kier alpha value is -2.67. The molecule has 0 unspecified atom stereocenters. The minimum Gasteiger partial charge on any atom is -0.478 e. The zero-order chi connectivity index (χ0) is 16.7. The lowest BCUT2D eigenvalue weighted by molar-refractivity contribution is 0.0696. The molecule has 23 heavy (non-hydrogen) atoms. The molecule has 2 aromatic carbocycles. The van der Waals surface area contributed by atoms with Crippen molar-refractivity contribution < 1.29 is 14.7 Å². The standard InChI is InChI=1S/C16H15N3O3S/c20-15(17-9-10-23)11-1-5-13(6-2-11)18-19-14-7-3-12(4-8-14)16(21)22/h1-8,23H,9-10H2,(H,17,20)(H,21,22). The van der Waals surface area contributed by atoms with E-state index in [2.05, 4.69) is 28.2 Å². The number of nitrogens with zero attached hydrogens (tertiary/aromatic N) is 2. The van der Waals surface area contributed by atoms with Crippen LogP contribution in [0.5, 0.6) is 0 Å². The Bertz CT molecular complexity index is 712. The van der Waals surface area contributed by atoms with Crippen molar-refractivity contribution in [3.63, 3.8) is 0 Å². The van der Waals surface area contributed by atoms with E-state index in [1.807, 2.05) is 0 Å². The van der Waals surface area contributed by atoms with Gasteiger partial charge in [-0.3, -0.25) is 4.79 Å². The van der Waals surface area contributed by atoms with Crippen molar-refractivity contribution in [1.29, 1.82) is 0 Å². The Balaban J connectivity index is 2.02. The molecule has 1 amide bonds. The van der Waals surface area contributed by atoms with Crippen molar-refractivity contribution in [1.82, 2.24) is 5.32 Å². The number of carbonyl (C=O) groups is 2. The van der Waals surface area contributed by atoms with E-state index in [9.17, 15) is 9.59 Å². The normalized spacial score (nSPS) is 10.7. The smallest absolute Gasteiger partial charge is 0.335 e. The van der Waals surface area contributed by atoms with Crippen LogP contribution in [0, 0.1) is 0 Å². The zero-order valence-corrected chi connectivity index (χ0v) is 13.0. The first-order chi connectivity index (χ1) is 11.1. The van der Waals surface area contributed by atoms with Crippen LogP contribution < -0.4 is 5.32 Å². The molecule has 2 rings (SSSR count). The minimum atomic E-state index is -0.986. The van der Waals surface area contributed by atoms with E-state index in [-0.39, 0.29) is 11.5 Å². The minimum absolute atomic E-state index is 0.160. The Morgan fingerprint density at radius 2 is 1.39 bits per heavy atom. The van der Waals surface area contributed by atoms with Crippen LogP contribution in [0.15, 0.2) is 58.8 Å². The second-order valence-electron chi connectivity index (χ2n) is 4.58. The van der Waals surface area contributed by atoms with E-state index in [1.54, 1.807) is 36.4 Å². The number of thiol groups is 1. The molecule has 0 aliphatic carbocycles. The quantitative estimate of drug-likeness (QED) is 0.560. The van der Waals surface area contributed by atoms with E-state index >= 15 is 0 Å². The number of hydrogen-bond donors (Lipinski definition) is 3. The summed E-state index contributed by atoms with van der Waals surface area (Å²) in [6.07, 6.45) is 0. The molecule has 0 fully saturated rings. The first-order valence-corrected chi connectivity index (χ1v) is 7.47. The molecular weight excluding hydrogens is 314 g/mol. The van der Waals surface area contributed by atoms with Crippen molar-refractivity contribution in [2.45, 2.75) is 0 Å². The van der Waals surface area contributed by atoms with Gasteiger partial charge >= 0.3 is 5.97 Å². The van der Waals surface area contributed by atoms with Crippen LogP contribution in [-0.4, -0.2) is 29.3 Å². The maximum Gasteiger partial charge on any atom is 0.335 e. The number of aromatic carboxylic acids is 1. The van der Waals surface area contributed by atoms with E-state index in [0.717, 1.165) is 0 Å². The predicted octanol–water partition coefficient (Wildman–Crippen LogP) is 3.46. The molecule has 0 radical (unpaired) electrons. The van der Waals surface area contributed by atoms with Gasteiger partial charge in [0.25, 0.3) is 5.91 Å². The largest absolute Gasteiger partial charge is 0.478 e. The fourth-order valence-electron chi connectivity index (χ4n) is 1.74. The van der Waals surface area contributed by atoms with Gasteiger partial charge in [-0.15, -0.1) is 0 Å². The van der Waals surface area contributed by atoms with Gasteiger partial charge in [0.2, 0.25) is 0 Å². The first kappa shape index (κ1) is 16.7. The van der Waals surface area contributed by atoms with Gasteiger partial charge in [0, 0.05) is 17.9 Å². The number of amides is 1. The van der Waals surface area contributed by atoms with Crippen LogP contribution in [0.4, 0.5) is 11.4 Å². The Labute approximate surface area is 138 Å². The number of nitrogens with one attached hydrogen (secondary N) is 1. The van der Waals surface area contributed by atoms with Crippen LogP contribution in [0.3, 0.4) is 0 Å². The van der Waals surface area contributed by atoms with Gasteiger partial charge < -0.3 is 10.4 Å². The molecule has 7 heteroatoms. The van der Waals surface area contributed by atoms with Crippen LogP contribution in [-0.2, 0) is 0 Å². The Morgan fingerprint density at radius 1 is 0.913 bits per heavy atom. The predicted molar refractivity (Wildman–Crippen MR) is 90.2 cm³/mol. The van der Waals surface area contributed by atoms with Gasteiger partial charge in [0.15, 0.2) is 0 Å². The number of azo groups is 1. The van der Waals surface area contributed by atoms with Crippen LogP contribution in [0.25, 0.3) is 0 Å². The number of benzene rings is 2. The SMILES string of the molecule is O=C(O)c1ccc(N=Nc2ccc(C(=O)NCCS)cc2)cc1. The fraction of sp³-hybridized carbons (Fsp3) is 0.125. The number of carboxylic acids is 1. The lowest BCUT2D eigenvalue weighted by atomic mass is 10.2. The summed E-state index contributed by atoms with van der Waals surface area (Å²) < 4.78 is 0. The third-order valence-corrected chi connectivity index (χ3v) is 3.15. The number of carboxylic acid groups (broad SMARTS) is 1. The molecule has 0 saturated heterocycles. The van der Waals surface area contributed by atoms with Crippen molar-refractivity contribution in [2.24, 2.45) is 10.2 Å². The molecule has 0 bridgehead atoms. The van der Waals surface area contributed by atoms with Gasteiger partial charge in [-0.25, -0.2) is 4.79 Å². The highest BCUT2D eigenvalue weighted by Crippen LogP contribution is 2.19. The summed E-state index contributed by atoms with van der Waals surface area (Å²) in [6.45, 7) is 0.510. The molecule has 2 N–H and O–H groups in total. The molecule has 0 saturated carbocycles. The summed E-state index contributed by atoms with van der Waals surface area (Å²) in [5, 5.41) is 19.6. The molecule has 0 aliphatic rings. The van der Waals surface area contributed by atoms with Gasteiger partial charge in [0.05, 0.1) is 16.9 Å². The lowest BCUT2D eigenvalue weighted by Gasteiger charge is -2.02. The van der Waals surface area contributed by atoms with Crippen LogP contribution in [0.1, 0.15) is 20.7 Å². The summed E-state index contributed by atoms with van der Waals surface area (Å²) in [5.41, 5.74) is 1.88. The monoisotopic (exact) mass is 329 g/mol. The molecule has 0 spiro atoms. The molecule has 0 aliphatic heterocycles. The molecule has 6 nitrogen and oxygen atoms in total. The second-order valence-corrected chi connectivity index (χ2v) is 5.03. The summed E-state index contributed by atoms with van der Waals surface area (Å²) in [5.74, 6) is -0.564. The molecule has 0 aromatic heterocycles. The van der Waals surface area contributed by atoms with Crippen LogP contribution >= 0.6 is 12.6 Å². The maximum atomic E-state index is 11.7. The van der Waals surface area contributed by atoms with Crippen molar-refractivity contribution >= 4 is 35.9 Å². The van der Waals surface area contributed by atoms with Crippen molar-refractivity contribution in [3.05, 3.63) is 59.7 Å². The van der Waals surface area contributed by atoms with E-state index in [4.69, 9.17) is 5.11 Å². The summed E-state index contributed by atoms with van der Waals surface area (Å²) in [6, 6.07) is 12.8. The molecule has 2 aromatic rings. The van der Waals surface area contributed by atoms with E-state index < -0.39 is 5.97 Å². The van der Waals surface area contributed by atoms with E-state index in [1.165, 1.54) is 12.1 Å². The van der Waals surface area contributed by atoms with Gasteiger partial charge in [-0.05, 0) is 48.5 Å². The van der Waals surface area contributed by atoms with Gasteiger partial charge in [-0.1, -0.05) is 0 Å². The second kappa shape index (κ2) is 8.09. The van der Waals surface area contributed by atoms with E-state index in [0.29, 0.717) is 29.2 Å². The van der Waals surface area contributed by atoms with Crippen molar-refractivity contribution in [3.8, 4) is 0 Å². The zero-order valence-electron chi connectivity index (χ0n) is 12.1. The Kier molecular flexibility index (Phi) is 5.87. The topological polar surface area (TPSA) is 91.1 Å². The average Bonchev–Trinajstić information content (AvgIpc) is 2.58. The summed E-state index contributed by atoms with van der Waals surface area (Å²) in [4.78, 5) is 22.5. The number of hydrogen-bond acceptors (Lipinski definition) is 5. The number of carbonyl (C=O) groups excluding carboxylic acids is 1. The first-order valence-electron chi connectivity index (χ1n) is 6.84.